The van der Waals surface area contributed by atoms with Crippen LogP contribution >= 0.6 is 27.3 Å². The highest BCUT2D eigenvalue weighted by atomic mass is 79.9. The second kappa shape index (κ2) is 3.93. The van der Waals surface area contributed by atoms with Crippen LogP contribution < -0.4 is 5.73 Å². The van der Waals surface area contributed by atoms with E-state index in [9.17, 15) is 0 Å². The van der Waals surface area contributed by atoms with E-state index in [4.69, 9.17) is 10.5 Å². The third-order valence-electron chi connectivity index (χ3n) is 3.08. The summed E-state index contributed by atoms with van der Waals surface area (Å²) in [6, 6.07) is 4.28. The van der Waals surface area contributed by atoms with Gasteiger partial charge in [0.2, 0.25) is 0 Å². The smallest absolute Gasteiger partial charge is 0.0701 e. The van der Waals surface area contributed by atoms with Crippen molar-refractivity contribution in [2.24, 2.45) is 11.7 Å². The number of thiophene rings is 1. The van der Waals surface area contributed by atoms with E-state index in [2.05, 4.69) is 35.0 Å². The molecule has 14 heavy (non-hydrogen) atoms. The normalized spacial score (nSPS) is 21.6. The quantitative estimate of drug-likeness (QED) is 0.920. The molecule has 1 saturated heterocycles. The molecule has 1 aromatic heterocycles. The molecule has 0 aromatic carbocycles. The van der Waals surface area contributed by atoms with Crippen molar-refractivity contribution in [1.29, 1.82) is 0 Å². The lowest BCUT2D eigenvalue weighted by Crippen LogP contribution is -2.53. The average molecular weight is 276 g/mol. The lowest BCUT2D eigenvalue weighted by atomic mass is 9.73. The van der Waals surface area contributed by atoms with Crippen molar-refractivity contribution < 1.29 is 4.74 Å². The first-order chi connectivity index (χ1) is 6.69. The maximum Gasteiger partial charge on any atom is 0.0701 e. The van der Waals surface area contributed by atoms with Crippen molar-refractivity contribution in [2.45, 2.75) is 12.3 Å². The summed E-state index contributed by atoms with van der Waals surface area (Å²) in [4.78, 5) is 1.40. The first kappa shape index (κ1) is 10.6. The van der Waals surface area contributed by atoms with E-state index in [0.29, 0.717) is 5.92 Å². The monoisotopic (exact) mass is 275 g/mol. The molecule has 1 atom stereocenters. The predicted octanol–water partition coefficient (Wildman–Crippen LogP) is 2.37. The van der Waals surface area contributed by atoms with Crippen LogP contribution in [0.1, 0.15) is 11.8 Å². The lowest BCUT2D eigenvalue weighted by Gasteiger charge is -2.45. The van der Waals surface area contributed by atoms with Gasteiger partial charge in [0.05, 0.1) is 22.4 Å². The van der Waals surface area contributed by atoms with Gasteiger partial charge in [-0.2, -0.15) is 0 Å². The molecule has 0 bridgehead atoms. The highest BCUT2D eigenvalue weighted by Crippen LogP contribution is 2.43. The summed E-state index contributed by atoms with van der Waals surface area (Å²) in [6.45, 7) is 4.56. The molecule has 0 radical (unpaired) electrons. The minimum Gasteiger partial charge on any atom is -0.379 e. The second-order valence-corrected chi connectivity index (χ2v) is 6.35. The minimum absolute atomic E-state index is 0.186. The third kappa shape index (κ3) is 1.54. The van der Waals surface area contributed by atoms with Gasteiger partial charge in [-0.25, -0.2) is 0 Å². The molecule has 1 fully saturated rings. The molecule has 2 rings (SSSR count). The SMILES string of the molecule is CC(CN)C1(c2ccc(Br)s2)COC1. The van der Waals surface area contributed by atoms with Crippen LogP contribution in [0.15, 0.2) is 15.9 Å². The van der Waals surface area contributed by atoms with E-state index >= 15 is 0 Å². The molecule has 0 amide bonds. The van der Waals surface area contributed by atoms with Crippen LogP contribution in [0, 0.1) is 5.92 Å². The summed E-state index contributed by atoms with van der Waals surface area (Å²) >= 11 is 5.29. The standard InChI is InChI=1S/C10H14BrNOS/c1-7(4-12)10(5-13-6-10)8-2-3-9(11)14-8/h2-3,7H,4-6,12H2,1H3. The van der Waals surface area contributed by atoms with Crippen molar-refractivity contribution in [3.05, 3.63) is 20.8 Å². The van der Waals surface area contributed by atoms with Gasteiger partial charge in [-0.05, 0) is 40.5 Å². The van der Waals surface area contributed by atoms with Crippen LogP contribution in [0.25, 0.3) is 0 Å². The first-order valence-corrected chi connectivity index (χ1v) is 6.33. The number of rotatable bonds is 3. The van der Waals surface area contributed by atoms with E-state index in [1.165, 1.54) is 8.66 Å². The predicted molar refractivity (Wildman–Crippen MR) is 62.7 cm³/mol. The van der Waals surface area contributed by atoms with Gasteiger partial charge in [-0.3, -0.25) is 0 Å². The Morgan fingerprint density at radius 1 is 1.64 bits per heavy atom. The van der Waals surface area contributed by atoms with Crippen molar-refractivity contribution in [3.63, 3.8) is 0 Å². The zero-order chi connectivity index (χ0) is 10.2. The fourth-order valence-corrected chi connectivity index (χ4v) is 3.46. The number of nitrogens with two attached hydrogens (primary N) is 1. The highest BCUT2D eigenvalue weighted by molar-refractivity contribution is 9.11. The third-order valence-corrected chi connectivity index (χ3v) is 4.92. The topological polar surface area (TPSA) is 35.2 Å². The fourth-order valence-electron chi connectivity index (χ4n) is 1.80. The van der Waals surface area contributed by atoms with Gasteiger partial charge in [0.25, 0.3) is 0 Å². The molecule has 4 heteroatoms. The summed E-state index contributed by atoms with van der Waals surface area (Å²) in [7, 11) is 0. The molecule has 2 nitrogen and oxygen atoms in total. The van der Waals surface area contributed by atoms with Crippen molar-refractivity contribution in [3.8, 4) is 0 Å². The Hall–Kier alpha value is 0.1000. The highest BCUT2D eigenvalue weighted by Gasteiger charge is 2.45. The van der Waals surface area contributed by atoms with Gasteiger partial charge in [0.1, 0.15) is 0 Å². The van der Waals surface area contributed by atoms with Crippen LogP contribution in [-0.4, -0.2) is 19.8 Å². The molecule has 0 saturated carbocycles. The Balaban J connectivity index is 2.28. The first-order valence-electron chi connectivity index (χ1n) is 4.72. The van der Waals surface area contributed by atoms with E-state index in [0.717, 1.165) is 19.8 Å². The Labute approximate surface area is 96.6 Å². The zero-order valence-electron chi connectivity index (χ0n) is 8.13. The largest absolute Gasteiger partial charge is 0.379 e. The van der Waals surface area contributed by atoms with Crippen molar-refractivity contribution >= 4 is 27.3 Å². The molecule has 1 unspecified atom stereocenters. The molecule has 0 spiro atoms. The summed E-state index contributed by atoms with van der Waals surface area (Å²) < 4.78 is 6.54. The molecule has 2 N–H and O–H groups in total. The van der Waals surface area contributed by atoms with Crippen LogP contribution in [0.2, 0.25) is 0 Å². The molecule has 0 aliphatic carbocycles. The number of hydrogen-bond acceptors (Lipinski definition) is 3. The van der Waals surface area contributed by atoms with Crippen LogP contribution in [-0.2, 0) is 10.2 Å². The lowest BCUT2D eigenvalue weighted by molar-refractivity contribution is -0.0834. The van der Waals surface area contributed by atoms with Gasteiger partial charge in [0.15, 0.2) is 0 Å². The second-order valence-electron chi connectivity index (χ2n) is 3.89. The van der Waals surface area contributed by atoms with Crippen LogP contribution in [0.3, 0.4) is 0 Å². The van der Waals surface area contributed by atoms with Gasteiger partial charge in [0, 0.05) is 4.88 Å². The van der Waals surface area contributed by atoms with Gasteiger partial charge < -0.3 is 10.5 Å². The van der Waals surface area contributed by atoms with Crippen molar-refractivity contribution in [2.75, 3.05) is 19.8 Å². The molecule has 78 valence electrons. The molecule has 1 aliphatic heterocycles. The average Bonchev–Trinajstić information content (AvgIpc) is 2.50. The van der Waals surface area contributed by atoms with Gasteiger partial charge >= 0.3 is 0 Å². The summed E-state index contributed by atoms with van der Waals surface area (Å²) in [6.07, 6.45) is 0. The molecular formula is C10H14BrNOS. The van der Waals surface area contributed by atoms with E-state index in [1.54, 1.807) is 11.3 Å². The van der Waals surface area contributed by atoms with Crippen molar-refractivity contribution in [1.82, 2.24) is 0 Å². The molecular weight excluding hydrogens is 262 g/mol. The summed E-state index contributed by atoms with van der Waals surface area (Å²) in [5.41, 5.74) is 5.94. The zero-order valence-corrected chi connectivity index (χ0v) is 10.5. The maximum absolute atomic E-state index is 5.75. The molecule has 1 aromatic rings. The Morgan fingerprint density at radius 2 is 2.36 bits per heavy atom. The van der Waals surface area contributed by atoms with Crippen LogP contribution in [0.5, 0.6) is 0 Å². The Morgan fingerprint density at radius 3 is 2.71 bits per heavy atom. The van der Waals surface area contributed by atoms with E-state index < -0.39 is 0 Å². The fraction of sp³-hybridized carbons (Fsp3) is 0.600. The Kier molecular flexibility index (Phi) is 2.98. The Bertz CT molecular complexity index is 322. The summed E-state index contributed by atoms with van der Waals surface area (Å²) in [5, 5.41) is 0. The number of hydrogen-bond donors (Lipinski definition) is 1. The van der Waals surface area contributed by atoms with E-state index in [-0.39, 0.29) is 5.41 Å². The minimum atomic E-state index is 0.186. The number of ether oxygens (including phenoxy) is 1. The van der Waals surface area contributed by atoms with E-state index in [1.807, 2.05) is 0 Å². The molecule has 1 aliphatic rings. The number of halogens is 1. The summed E-state index contributed by atoms with van der Waals surface area (Å²) in [5.74, 6) is 0.488. The van der Waals surface area contributed by atoms with Gasteiger partial charge in [-0.15, -0.1) is 11.3 Å². The van der Waals surface area contributed by atoms with Crippen LogP contribution in [0.4, 0.5) is 0 Å². The van der Waals surface area contributed by atoms with Gasteiger partial charge in [-0.1, -0.05) is 6.92 Å². The molecule has 2 heterocycles. The maximum atomic E-state index is 5.75.